The van der Waals surface area contributed by atoms with Crippen LogP contribution in [-0.4, -0.2) is 9.55 Å². The maximum absolute atomic E-state index is 11.4. The second-order valence-electron chi connectivity index (χ2n) is 4.37. The highest BCUT2D eigenvalue weighted by Crippen LogP contribution is 2.27. The van der Waals surface area contributed by atoms with Crippen LogP contribution >= 0.6 is 11.6 Å². The third kappa shape index (κ3) is 2.55. The van der Waals surface area contributed by atoms with Gasteiger partial charge >= 0.3 is 5.69 Å². The number of nitrogens with one attached hydrogen (secondary N) is 1. The van der Waals surface area contributed by atoms with Gasteiger partial charge < -0.3 is 0 Å². The zero-order valence-corrected chi connectivity index (χ0v) is 9.79. The third-order valence-electron chi connectivity index (χ3n) is 3.22. The maximum atomic E-state index is 11.4. The summed E-state index contributed by atoms with van der Waals surface area (Å²) in [6, 6.07) is 0. The number of halogens is 1. The molecule has 0 radical (unpaired) electrons. The summed E-state index contributed by atoms with van der Waals surface area (Å²) >= 11 is 5.68. The molecule has 1 aliphatic carbocycles. The lowest BCUT2D eigenvalue weighted by Crippen LogP contribution is -2.30. The van der Waals surface area contributed by atoms with Crippen LogP contribution in [0.3, 0.4) is 0 Å². The highest BCUT2D eigenvalue weighted by atomic mass is 35.5. The zero-order valence-electron chi connectivity index (χ0n) is 9.04. The Labute approximate surface area is 98.3 Å². The Balaban J connectivity index is 2.06. The van der Waals surface area contributed by atoms with E-state index in [1.807, 2.05) is 0 Å². The lowest BCUT2D eigenvalue weighted by Gasteiger charge is -2.10. The van der Waals surface area contributed by atoms with Gasteiger partial charge in [0, 0.05) is 12.7 Å². The van der Waals surface area contributed by atoms with E-state index < -0.39 is 5.56 Å². The highest BCUT2D eigenvalue weighted by Gasteiger charge is 2.15. The van der Waals surface area contributed by atoms with Gasteiger partial charge in [0.05, 0.1) is 0 Å². The molecule has 0 unspecified atom stereocenters. The van der Waals surface area contributed by atoms with Crippen molar-refractivity contribution in [2.75, 3.05) is 0 Å². The summed E-state index contributed by atoms with van der Waals surface area (Å²) in [7, 11) is 0. The van der Waals surface area contributed by atoms with E-state index in [0.717, 1.165) is 12.3 Å². The number of hydrogen-bond donors (Lipinski definition) is 1. The van der Waals surface area contributed by atoms with Crippen molar-refractivity contribution in [1.29, 1.82) is 0 Å². The molecule has 1 N–H and O–H groups in total. The fraction of sp³-hybridized carbons (Fsp3) is 0.636. The van der Waals surface area contributed by atoms with Crippen molar-refractivity contribution >= 4 is 11.6 Å². The molecular weight excluding hydrogens is 228 g/mol. The molecule has 1 saturated carbocycles. The Hall–Kier alpha value is -1.03. The van der Waals surface area contributed by atoms with Gasteiger partial charge in [-0.1, -0.05) is 37.3 Å². The van der Waals surface area contributed by atoms with Crippen molar-refractivity contribution in [1.82, 2.24) is 9.55 Å². The largest absolute Gasteiger partial charge is 0.328 e. The highest BCUT2D eigenvalue weighted by molar-refractivity contribution is 6.30. The summed E-state index contributed by atoms with van der Waals surface area (Å²) in [5.41, 5.74) is -0.879. The van der Waals surface area contributed by atoms with E-state index in [4.69, 9.17) is 11.6 Å². The number of nitrogens with zero attached hydrogens (tertiary/aromatic N) is 1. The molecule has 1 aromatic heterocycles. The molecule has 4 nitrogen and oxygen atoms in total. The molecule has 5 heteroatoms. The predicted molar refractivity (Wildman–Crippen MR) is 62.9 cm³/mol. The normalized spacial score (nSPS) is 16.8. The summed E-state index contributed by atoms with van der Waals surface area (Å²) in [6.45, 7) is 0.639. The van der Waals surface area contributed by atoms with Gasteiger partial charge in [-0.25, -0.2) is 4.79 Å². The summed E-state index contributed by atoms with van der Waals surface area (Å²) in [5.74, 6) is 0.720. The lowest BCUT2D eigenvalue weighted by atomic mass is 10.0. The molecule has 1 aliphatic rings. The molecule has 88 valence electrons. The monoisotopic (exact) mass is 242 g/mol. The molecule has 0 aromatic carbocycles. The second kappa shape index (κ2) is 4.87. The van der Waals surface area contributed by atoms with Crippen LogP contribution in [0.25, 0.3) is 0 Å². The van der Waals surface area contributed by atoms with Crippen LogP contribution in [0.15, 0.2) is 15.8 Å². The second-order valence-corrected chi connectivity index (χ2v) is 4.78. The van der Waals surface area contributed by atoms with E-state index in [2.05, 4.69) is 4.98 Å². The predicted octanol–water partition coefficient (Wildman–Crippen LogP) is 1.77. The number of rotatable bonds is 3. The van der Waals surface area contributed by atoms with Gasteiger partial charge in [0.2, 0.25) is 0 Å². The molecule has 0 amide bonds. The Kier molecular flexibility index (Phi) is 3.49. The number of aromatic amines is 1. The van der Waals surface area contributed by atoms with Gasteiger partial charge in [-0.3, -0.25) is 14.3 Å². The Bertz CT molecular complexity index is 472. The molecule has 0 aliphatic heterocycles. The van der Waals surface area contributed by atoms with Crippen molar-refractivity contribution in [2.24, 2.45) is 5.92 Å². The molecule has 0 bridgehead atoms. The Morgan fingerprint density at radius 2 is 2.06 bits per heavy atom. The van der Waals surface area contributed by atoms with Gasteiger partial charge in [-0.05, 0) is 12.3 Å². The van der Waals surface area contributed by atoms with E-state index in [-0.39, 0.29) is 10.7 Å². The van der Waals surface area contributed by atoms with Gasteiger partial charge in [-0.2, -0.15) is 0 Å². The number of aromatic nitrogens is 2. The minimum absolute atomic E-state index is 0.0750. The zero-order chi connectivity index (χ0) is 11.5. The van der Waals surface area contributed by atoms with Crippen molar-refractivity contribution in [3.05, 3.63) is 32.1 Å². The molecule has 0 saturated heterocycles. The van der Waals surface area contributed by atoms with Crippen LogP contribution in [-0.2, 0) is 6.54 Å². The van der Waals surface area contributed by atoms with Crippen LogP contribution in [0.4, 0.5) is 0 Å². The molecule has 16 heavy (non-hydrogen) atoms. The van der Waals surface area contributed by atoms with Gasteiger partial charge in [0.1, 0.15) is 5.02 Å². The topological polar surface area (TPSA) is 54.9 Å². The van der Waals surface area contributed by atoms with Gasteiger partial charge in [-0.15, -0.1) is 0 Å². The van der Waals surface area contributed by atoms with Crippen LogP contribution in [0.1, 0.15) is 32.1 Å². The van der Waals surface area contributed by atoms with Gasteiger partial charge in [0.15, 0.2) is 0 Å². The minimum atomic E-state index is -0.510. The fourth-order valence-corrected chi connectivity index (χ4v) is 2.43. The van der Waals surface area contributed by atoms with Crippen LogP contribution in [0, 0.1) is 5.92 Å². The SMILES string of the molecule is O=c1[nH]c(=O)n(CCC2CCCC2)cc1Cl. The number of H-pyrrole nitrogens is 1. The molecule has 1 fully saturated rings. The lowest BCUT2D eigenvalue weighted by molar-refractivity contribution is 0.449. The minimum Gasteiger partial charge on any atom is -0.299 e. The van der Waals surface area contributed by atoms with Crippen molar-refractivity contribution in [3.8, 4) is 0 Å². The van der Waals surface area contributed by atoms with Crippen molar-refractivity contribution in [3.63, 3.8) is 0 Å². The molecular formula is C11H15ClN2O2. The molecule has 1 aromatic rings. The summed E-state index contributed by atoms with van der Waals surface area (Å²) in [4.78, 5) is 24.7. The maximum Gasteiger partial charge on any atom is 0.328 e. The molecule has 2 rings (SSSR count). The van der Waals surface area contributed by atoms with E-state index in [1.165, 1.54) is 36.4 Å². The first-order valence-electron chi connectivity index (χ1n) is 5.66. The van der Waals surface area contributed by atoms with E-state index in [0.29, 0.717) is 6.54 Å². The summed E-state index contributed by atoms with van der Waals surface area (Å²) in [5, 5.41) is 0.0750. The van der Waals surface area contributed by atoms with E-state index in [1.54, 1.807) is 0 Å². The first kappa shape index (κ1) is 11.5. The quantitative estimate of drug-likeness (QED) is 0.878. The Morgan fingerprint density at radius 3 is 2.75 bits per heavy atom. The van der Waals surface area contributed by atoms with Crippen molar-refractivity contribution < 1.29 is 0 Å². The standard InChI is InChI=1S/C11H15ClN2O2/c12-9-7-14(11(16)13-10(9)15)6-5-8-3-1-2-4-8/h7-8H,1-6H2,(H,13,15,16). The number of aryl methyl sites for hydroxylation is 1. The number of hydrogen-bond acceptors (Lipinski definition) is 2. The smallest absolute Gasteiger partial charge is 0.299 e. The van der Waals surface area contributed by atoms with Crippen molar-refractivity contribution in [2.45, 2.75) is 38.6 Å². The average molecular weight is 243 g/mol. The van der Waals surface area contributed by atoms with Crippen LogP contribution in [0.2, 0.25) is 5.02 Å². The van der Waals surface area contributed by atoms with Crippen LogP contribution < -0.4 is 11.2 Å². The van der Waals surface area contributed by atoms with Crippen LogP contribution in [0.5, 0.6) is 0 Å². The third-order valence-corrected chi connectivity index (χ3v) is 3.49. The first-order chi connectivity index (χ1) is 7.66. The van der Waals surface area contributed by atoms with Gasteiger partial charge in [0.25, 0.3) is 5.56 Å². The van der Waals surface area contributed by atoms with E-state index >= 15 is 0 Å². The summed E-state index contributed by atoms with van der Waals surface area (Å²) < 4.78 is 1.49. The van der Waals surface area contributed by atoms with E-state index in [9.17, 15) is 9.59 Å². The summed E-state index contributed by atoms with van der Waals surface area (Å²) in [6.07, 6.45) is 7.52. The Morgan fingerprint density at radius 1 is 1.38 bits per heavy atom. The average Bonchev–Trinajstić information content (AvgIpc) is 2.74. The molecule has 1 heterocycles. The fourth-order valence-electron chi connectivity index (χ4n) is 2.27. The molecule has 0 spiro atoms. The first-order valence-corrected chi connectivity index (χ1v) is 6.04. The molecule has 0 atom stereocenters.